The Bertz CT molecular complexity index is 1030. The second-order valence-electron chi connectivity index (χ2n) is 6.76. The van der Waals surface area contributed by atoms with Gasteiger partial charge in [0.25, 0.3) is 0 Å². The highest BCUT2D eigenvalue weighted by molar-refractivity contribution is 7.99. The largest absolute Gasteiger partial charge is 0.495 e. The van der Waals surface area contributed by atoms with Crippen LogP contribution >= 0.6 is 23.4 Å². The molecule has 0 radical (unpaired) electrons. The molecule has 0 aliphatic carbocycles. The summed E-state index contributed by atoms with van der Waals surface area (Å²) in [6, 6.07) is 11.3. The average molecular weight is 446 g/mol. The summed E-state index contributed by atoms with van der Waals surface area (Å²) in [5.41, 5.74) is 4.00. The molecule has 2 aromatic carbocycles. The molecule has 0 bridgehead atoms. The lowest BCUT2D eigenvalue weighted by atomic mass is 10.1. The Hall–Kier alpha value is -2.71. The minimum absolute atomic E-state index is 0.182. The molecule has 0 saturated carbocycles. The molecule has 9 heteroatoms. The van der Waals surface area contributed by atoms with Gasteiger partial charge in [0.05, 0.1) is 25.1 Å². The maximum atomic E-state index is 12.4. The number of halogens is 1. The zero-order valence-electron chi connectivity index (χ0n) is 17.3. The lowest BCUT2D eigenvalue weighted by Crippen LogP contribution is -2.15. The van der Waals surface area contributed by atoms with Crippen molar-refractivity contribution in [3.8, 4) is 5.75 Å². The molecular formula is C21H24ClN5O2S. The first-order chi connectivity index (χ1) is 14.4. The van der Waals surface area contributed by atoms with Gasteiger partial charge in [0.2, 0.25) is 5.91 Å². The molecule has 0 atom stereocenters. The first-order valence-corrected chi connectivity index (χ1v) is 10.7. The van der Waals surface area contributed by atoms with Crippen molar-refractivity contribution in [2.45, 2.75) is 25.5 Å². The van der Waals surface area contributed by atoms with Crippen LogP contribution in [0.15, 0.2) is 41.6 Å². The number of thioether (sulfide) groups is 1. The van der Waals surface area contributed by atoms with E-state index in [2.05, 4.69) is 46.8 Å². The second kappa shape index (κ2) is 9.86. The van der Waals surface area contributed by atoms with E-state index in [1.165, 1.54) is 22.9 Å². The Morgan fingerprint density at radius 3 is 2.63 bits per heavy atom. The Morgan fingerprint density at radius 2 is 1.93 bits per heavy atom. The van der Waals surface area contributed by atoms with Crippen LogP contribution in [0.3, 0.4) is 0 Å². The van der Waals surface area contributed by atoms with Crippen LogP contribution in [0.1, 0.15) is 17.0 Å². The van der Waals surface area contributed by atoms with E-state index in [9.17, 15) is 4.79 Å². The third-order valence-electron chi connectivity index (χ3n) is 4.60. The van der Waals surface area contributed by atoms with Crippen molar-refractivity contribution in [1.29, 1.82) is 0 Å². The van der Waals surface area contributed by atoms with Crippen molar-refractivity contribution in [2.24, 2.45) is 7.05 Å². The molecule has 30 heavy (non-hydrogen) atoms. The molecule has 0 fully saturated rings. The van der Waals surface area contributed by atoms with Crippen molar-refractivity contribution in [2.75, 3.05) is 23.5 Å². The van der Waals surface area contributed by atoms with Crippen molar-refractivity contribution < 1.29 is 9.53 Å². The van der Waals surface area contributed by atoms with Crippen LogP contribution in [0, 0.1) is 13.8 Å². The summed E-state index contributed by atoms with van der Waals surface area (Å²) in [5, 5.41) is 15.9. The summed E-state index contributed by atoms with van der Waals surface area (Å²) in [6.45, 7) is 4.68. The zero-order chi connectivity index (χ0) is 21.7. The van der Waals surface area contributed by atoms with Gasteiger partial charge in [-0.2, -0.15) is 0 Å². The number of para-hydroxylation sites is 1. The van der Waals surface area contributed by atoms with Gasteiger partial charge in [0.1, 0.15) is 5.75 Å². The lowest BCUT2D eigenvalue weighted by molar-refractivity contribution is -0.113. The fourth-order valence-electron chi connectivity index (χ4n) is 2.98. The fourth-order valence-corrected chi connectivity index (χ4v) is 3.88. The molecule has 158 valence electrons. The van der Waals surface area contributed by atoms with E-state index >= 15 is 0 Å². The van der Waals surface area contributed by atoms with Crippen LogP contribution in [0.5, 0.6) is 5.75 Å². The summed E-state index contributed by atoms with van der Waals surface area (Å²) in [7, 11) is 3.43. The Balaban J connectivity index is 1.59. The Morgan fingerprint density at radius 1 is 1.20 bits per heavy atom. The highest BCUT2D eigenvalue weighted by Gasteiger charge is 2.14. The molecule has 7 nitrogen and oxygen atoms in total. The third kappa shape index (κ3) is 5.25. The number of hydrogen-bond donors (Lipinski definition) is 2. The predicted octanol–water partition coefficient (Wildman–Crippen LogP) is 4.44. The maximum absolute atomic E-state index is 12.4. The molecule has 2 N–H and O–H groups in total. The Labute approximate surface area is 185 Å². The number of nitrogens with zero attached hydrogens (tertiary/aromatic N) is 3. The third-order valence-corrected chi connectivity index (χ3v) is 5.85. The summed E-state index contributed by atoms with van der Waals surface area (Å²) in [5.74, 6) is 1.35. The molecule has 0 saturated heterocycles. The molecule has 3 aromatic rings. The molecule has 1 aromatic heterocycles. The van der Waals surface area contributed by atoms with Gasteiger partial charge in [0, 0.05) is 17.8 Å². The molecule has 0 aliphatic heterocycles. The van der Waals surface area contributed by atoms with Crippen LogP contribution < -0.4 is 15.4 Å². The van der Waals surface area contributed by atoms with Gasteiger partial charge in [-0.05, 0) is 43.2 Å². The number of nitrogens with one attached hydrogen (secondary N) is 2. The van der Waals surface area contributed by atoms with Gasteiger partial charge in [0.15, 0.2) is 11.0 Å². The number of aromatic nitrogens is 3. The highest BCUT2D eigenvalue weighted by Crippen LogP contribution is 2.28. The van der Waals surface area contributed by atoms with Crippen molar-refractivity contribution in [3.63, 3.8) is 0 Å². The summed E-state index contributed by atoms with van der Waals surface area (Å²) >= 11 is 7.32. The molecule has 0 spiro atoms. The van der Waals surface area contributed by atoms with E-state index in [-0.39, 0.29) is 11.7 Å². The van der Waals surface area contributed by atoms with Crippen LogP contribution in [0.2, 0.25) is 5.02 Å². The summed E-state index contributed by atoms with van der Waals surface area (Å²) in [6.07, 6.45) is 0. The van der Waals surface area contributed by atoms with Gasteiger partial charge in [-0.25, -0.2) is 0 Å². The number of ether oxygens (including phenoxy) is 1. The lowest BCUT2D eigenvalue weighted by Gasteiger charge is -2.12. The van der Waals surface area contributed by atoms with E-state index in [1.807, 2.05) is 17.7 Å². The number of amides is 1. The van der Waals surface area contributed by atoms with Gasteiger partial charge < -0.3 is 19.9 Å². The standard InChI is InChI=1S/C21H24ClN5O2S/c1-13-6-5-7-14(2)20(13)23-11-18-25-26-21(27(18)3)30-12-19(28)24-16-10-15(22)8-9-17(16)29-4/h5-10,23H,11-12H2,1-4H3,(H,24,28). The van der Waals surface area contributed by atoms with E-state index in [4.69, 9.17) is 16.3 Å². The minimum atomic E-state index is -0.182. The maximum Gasteiger partial charge on any atom is 0.234 e. The fraction of sp³-hybridized carbons (Fsp3) is 0.286. The van der Waals surface area contributed by atoms with Gasteiger partial charge >= 0.3 is 0 Å². The number of hydrogen-bond acceptors (Lipinski definition) is 6. The summed E-state index contributed by atoms with van der Waals surface area (Å²) in [4.78, 5) is 12.4. The number of benzene rings is 2. The molecule has 1 amide bonds. The van der Waals surface area contributed by atoms with E-state index in [0.29, 0.717) is 28.2 Å². The van der Waals surface area contributed by atoms with Gasteiger partial charge in [-0.15, -0.1) is 10.2 Å². The zero-order valence-corrected chi connectivity index (χ0v) is 18.9. The summed E-state index contributed by atoms with van der Waals surface area (Å²) < 4.78 is 7.14. The Kier molecular flexibility index (Phi) is 7.23. The van der Waals surface area contributed by atoms with Crippen molar-refractivity contribution in [1.82, 2.24) is 14.8 Å². The molecule has 0 aliphatic rings. The van der Waals surface area contributed by atoms with Crippen LogP contribution in [0.4, 0.5) is 11.4 Å². The van der Waals surface area contributed by atoms with Crippen molar-refractivity contribution >= 4 is 40.6 Å². The van der Waals surface area contributed by atoms with E-state index in [0.717, 1.165) is 11.5 Å². The van der Waals surface area contributed by atoms with E-state index in [1.54, 1.807) is 25.3 Å². The molecular weight excluding hydrogens is 422 g/mol. The first kappa shape index (κ1) is 22.0. The topological polar surface area (TPSA) is 81.1 Å². The number of carbonyl (C=O) groups is 1. The second-order valence-corrected chi connectivity index (χ2v) is 8.14. The van der Waals surface area contributed by atoms with Gasteiger partial charge in [-0.1, -0.05) is 41.6 Å². The molecule has 0 unspecified atom stereocenters. The normalized spacial score (nSPS) is 10.7. The number of aryl methyl sites for hydroxylation is 2. The quantitative estimate of drug-likeness (QED) is 0.499. The van der Waals surface area contributed by atoms with Gasteiger partial charge in [-0.3, -0.25) is 4.79 Å². The molecule has 1 heterocycles. The monoisotopic (exact) mass is 445 g/mol. The average Bonchev–Trinajstić information content (AvgIpc) is 3.06. The van der Waals surface area contributed by atoms with Crippen LogP contribution in [-0.2, 0) is 18.4 Å². The molecule has 3 rings (SSSR count). The first-order valence-electron chi connectivity index (χ1n) is 9.33. The number of carbonyl (C=O) groups excluding carboxylic acids is 1. The van der Waals surface area contributed by atoms with Crippen molar-refractivity contribution in [3.05, 3.63) is 58.4 Å². The highest BCUT2D eigenvalue weighted by atomic mass is 35.5. The number of anilines is 2. The predicted molar refractivity (Wildman–Crippen MR) is 122 cm³/mol. The van der Waals surface area contributed by atoms with Crippen LogP contribution in [0.25, 0.3) is 0 Å². The van der Waals surface area contributed by atoms with E-state index < -0.39 is 0 Å². The van der Waals surface area contributed by atoms with Crippen LogP contribution in [-0.4, -0.2) is 33.5 Å². The number of methoxy groups -OCH3 is 1. The SMILES string of the molecule is COc1ccc(Cl)cc1NC(=O)CSc1nnc(CNc2c(C)cccc2C)n1C. The minimum Gasteiger partial charge on any atom is -0.495 e. The smallest absolute Gasteiger partial charge is 0.234 e. The number of rotatable bonds is 8.